The van der Waals surface area contributed by atoms with Crippen LogP contribution in [0.4, 0.5) is 17.1 Å². The number of amides is 4. The van der Waals surface area contributed by atoms with Crippen LogP contribution in [-0.2, 0) is 14.4 Å². The molecule has 2 heterocycles. The fraction of sp³-hybridized carbons (Fsp3) is 0.333. The van der Waals surface area contributed by atoms with Gasteiger partial charge in [-0.3, -0.25) is 24.1 Å². The SMILES string of the molecule is CC(=O)Nc1ccc(NC(=O)[C@@]23CCC(=O)N2c2ccccc2C(=O)N3CC(C)C)cc1. The van der Waals surface area contributed by atoms with Gasteiger partial charge in [-0.2, -0.15) is 0 Å². The van der Waals surface area contributed by atoms with E-state index >= 15 is 0 Å². The zero-order valence-electron chi connectivity index (χ0n) is 18.3. The van der Waals surface area contributed by atoms with Crippen LogP contribution in [0.2, 0.25) is 0 Å². The van der Waals surface area contributed by atoms with Gasteiger partial charge in [0.15, 0.2) is 0 Å². The Labute approximate surface area is 186 Å². The maximum atomic E-state index is 13.8. The summed E-state index contributed by atoms with van der Waals surface area (Å²) in [5, 5.41) is 5.57. The van der Waals surface area contributed by atoms with E-state index in [0.29, 0.717) is 29.2 Å². The number of hydrogen-bond acceptors (Lipinski definition) is 4. The summed E-state index contributed by atoms with van der Waals surface area (Å²) in [6, 6.07) is 13.6. The van der Waals surface area contributed by atoms with Crippen LogP contribution < -0.4 is 15.5 Å². The van der Waals surface area contributed by atoms with Gasteiger partial charge >= 0.3 is 0 Å². The largest absolute Gasteiger partial charge is 0.326 e. The molecule has 2 N–H and O–H groups in total. The minimum absolute atomic E-state index is 0.100. The van der Waals surface area contributed by atoms with Gasteiger partial charge in [-0.15, -0.1) is 0 Å². The van der Waals surface area contributed by atoms with Crippen molar-refractivity contribution < 1.29 is 19.2 Å². The molecule has 4 rings (SSSR count). The first kappa shape index (κ1) is 21.5. The smallest absolute Gasteiger partial charge is 0.271 e. The second-order valence-electron chi connectivity index (χ2n) is 8.59. The quantitative estimate of drug-likeness (QED) is 0.755. The number of hydrogen-bond donors (Lipinski definition) is 2. The summed E-state index contributed by atoms with van der Waals surface area (Å²) in [7, 11) is 0. The van der Waals surface area contributed by atoms with Crippen LogP contribution >= 0.6 is 0 Å². The van der Waals surface area contributed by atoms with Crippen molar-refractivity contribution in [3.8, 4) is 0 Å². The van der Waals surface area contributed by atoms with E-state index in [1.54, 1.807) is 53.4 Å². The lowest BCUT2D eigenvalue weighted by molar-refractivity contribution is -0.129. The van der Waals surface area contributed by atoms with Gasteiger partial charge in [-0.05, 0) is 42.3 Å². The highest BCUT2D eigenvalue weighted by Crippen LogP contribution is 2.45. The third-order valence-corrected chi connectivity index (χ3v) is 5.75. The van der Waals surface area contributed by atoms with Crippen molar-refractivity contribution in [1.82, 2.24) is 4.90 Å². The molecule has 2 aliphatic rings. The molecule has 0 bridgehead atoms. The summed E-state index contributed by atoms with van der Waals surface area (Å²) in [4.78, 5) is 54.5. The predicted octanol–water partition coefficient (Wildman–Crippen LogP) is 3.22. The van der Waals surface area contributed by atoms with Crippen LogP contribution in [0.15, 0.2) is 48.5 Å². The van der Waals surface area contributed by atoms with E-state index in [4.69, 9.17) is 0 Å². The first-order chi connectivity index (χ1) is 15.2. The van der Waals surface area contributed by atoms with Gasteiger partial charge in [0.1, 0.15) is 0 Å². The van der Waals surface area contributed by atoms with E-state index in [-0.39, 0.29) is 36.5 Å². The van der Waals surface area contributed by atoms with Crippen molar-refractivity contribution in [1.29, 1.82) is 0 Å². The molecular formula is C24H26N4O4. The number of carbonyl (C=O) groups is 4. The molecule has 0 aromatic heterocycles. The maximum absolute atomic E-state index is 13.8. The average Bonchev–Trinajstić information content (AvgIpc) is 3.10. The van der Waals surface area contributed by atoms with E-state index in [1.807, 2.05) is 13.8 Å². The van der Waals surface area contributed by atoms with Crippen molar-refractivity contribution in [2.45, 2.75) is 39.3 Å². The summed E-state index contributed by atoms with van der Waals surface area (Å²) in [5.74, 6) is -0.960. The Hall–Kier alpha value is -3.68. The van der Waals surface area contributed by atoms with E-state index < -0.39 is 11.6 Å². The van der Waals surface area contributed by atoms with Crippen LogP contribution in [0.25, 0.3) is 0 Å². The molecule has 4 amide bonds. The van der Waals surface area contributed by atoms with Crippen LogP contribution in [0.1, 0.15) is 44.0 Å². The first-order valence-corrected chi connectivity index (χ1v) is 10.7. The third kappa shape index (κ3) is 3.51. The highest BCUT2D eigenvalue weighted by atomic mass is 16.2. The molecule has 166 valence electrons. The normalized spacial score (nSPS) is 19.6. The molecule has 0 radical (unpaired) electrons. The van der Waals surface area contributed by atoms with Crippen LogP contribution in [0.5, 0.6) is 0 Å². The number of para-hydroxylation sites is 1. The second-order valence-corrected chi connectivity index (χ2v) is 8.59. The number of carbonyl (C=O) groups excluding carboxylic acids is 4. The van der Waals surface area contributed by atoms with Gasteiger partial charge in [0.05, 0.1) is 11.3 Å². The summed E-state index contributed by atoms with van der Waals surface area (Å²) < 4.78 is 0. The molecule has 2 aliphatic heterocycles. The number of nitrogens with one attached hydrogen (secondary N) is 2. The highest BCUT2D eigenvalue weighted by molar-refractivity contribution is 6.18. The molecule has 2 aromatic rings. The van der Waals surface area contributed by atoms with E-state index in [2.05, 4.69) is 10.6 Å². The highest BCUT2D eigenvalue weighted by Gasteiger charge is 2.60. The van der Waals surface area contributed by atoms with E-state index in [9.17, 15) is 19.2 Å². The van der Waals surface area contributed by atoms with Crippen molar-refractivity contribution in [2.24, 2.45) is 5.92 Å². The van der Waals surface area contributed by atoms with Crippen LogP contribution in [0.3, 0.4) is 0 Å². The molecule has 32 heavy (non-hydrogen) atoms. The van der Waals surface area contributed by atoms with Gasteiger partial charge in [0.2, 0.25) is 17.5 Å². The van der Waals surface area contributed by atoms with Gasteiger partial charge in [0, 0.05) is 37.7 Å². The molecule has 0 aliphatic carbocycles. The van der Waals surface area contributed by atoms with E-state index in [1.165, 1.54) is 11.8 Å². The van der Waals surface area contributed by atoms with Crippen molar-refractivity contribution in [2.75, 3.05) is 22.1 Å². The summed E-state index contributed by atoms with van der Waals surface area (Å²) >= 11 is 0. The summed E-state index contributed by atoms with van der Waals surface area (Å²) in [5.41, 5.74) is 0.578. The number of anilines is 3. The molecule has 0 spiro atoms. The minimum atomic E-state index is -1.43. The Balaban J connectivity index is 1.74. The average molecular weight is 434 g/mol. The number of nitrogens with zero attached hydrogens (tertiary/aromatic N) is 2. The molecule has 1 atom stereocenters. The van der Waals surface area contributed by atoms with Crippen molar-refractivity contribution in [3.63, 3.8) is 0 Å². The predicted molar refractivity (Wildman–Crippen MR) is 121 cm³/mol. The Kier molecular flexibility index (Phi) is 5.46. The van der Waals surface area contributed by atoms with Gasteiger partial charge < -0.3 is 15.5 Å². The topological polar surface area (TPSA) is 98.8 Å². The van der Waals surface area contributed by atoms with Crippen molar-refractivity contribution >= 4 is 40.7 Å². The van der Waals surface area contributed by atoms with Gasteiger partial charge in [-0.25, -0.2) is 0 Å². The standard InChI is InChI=1S/C24H26N4O4/c1-15(2)14-27-22(31)19-6-4-5-7-20(19)28-21(30)12-13-24(27,28)23(32)26-18-10-8-17(9-11-18)25-16(3)29/h4-11,15H,12-14H2,1-3H3,(H,25,29)(H,26,32)/t24-/m1/s1. The second kappa shape index (κ2) is 8.11. The molecule has 8 heteroatoms. The fourth-order valence-electron chi connectivity index (χ4n) is 4.47. The zero-order valence-corrected chi connectivity index (χ0v) is 18.3. The monoisotopic (exact) mass is 434 g/mol. The third-order valence-electron chi connectivity index (χ3n) is 5.75. The molecule has 2 aromatic carbocycles. The summed E-state index contributed by atoms with van der Waals surface area (Å²) in [6.07, 6.45) is 0.388. The Morgan fingerprint density at radius 2 is 1.62 bits per heavy atom. The molecule has 1 fully saturated rings. The Bertz CT molecular complexity index is 1100. The zero-order chi connectivity index (χ0) is 23.0. The van der Waals surface area contributed by atoms with Gasteiger partial charge in [0.25, 0.3) is 11.8 Å². The van der Waals surface area contributed by atoms with Crippen molar-refractivity contribution in [3.05, 3.63) is 54.1 Å². The number of benzene rings is 2. The summed E-state index contributed by atoms with van der Waals surface area (Å²) in [6.45, 7) is 5.70. The lowest BCUT2D eigenvalue weighted by Gasteiger charge is -2.49. The first-order valence-electron chi connectivity index (χ1n) is 10.7. The molecule has 0 unspecified atom stereocenters. The molecular weight excluding hydrogens is 408 g/mol. The molecule has 1 saturated heterocycles. The fourth-order valence-corrected chi connectivity index (χ4v) is 4.47. The molecule has 8 nitrogen and oxygen atoms in total. The number of rotatable bonds is 5. The lowest BCUT2D eigenvalue weighted by atomic mass is 9.94. The van der Waals surface area contributed by atoms with E-state index in [0.717, 1.165) is 0 Å². The Morgan fingerprint density at radius 1 is 1.00 bits per heavy atom. The maximum Gasteiger partial charge on any atom is 0.271 e. The molecule has 0 saturated carbocycles. The van der Waals surface area contributed by atoms with Crippen LogP contribution in [0, 0.1) is 5.92 Å². The van der Waals surface area contributed by atoms with Gasteiger partial charge in [-0.1, -0.05) is 26.0 Å². The number of fused-ring (bicyclic) bond motifs is 3. The van der Waals surface area contributed by atoms with Crippen LogP contribution in [-0.4, -0.2) is 40.7 Å². The minimum Gasteiger partial charge on any atom is -0.326 e. The Morgan fingerprint density at radius 3 is 2.25 bits per heavy atom. The lowest BCUT2D eigenvalue weighted by Crippen LogP contribution is -2.69.